The molecule has 0 heterocycles. The summed E-state index contributed by atoms with van der Waals surface area (Å²) in [5, 5.41) is 0. The van der Waals surface area contributed by atoms with Crippen molar-refractivity contribution in [2.24, 2.45) is 0 Å². The zero-order chi connectivity index (χ0) is 8.15. The maximum atomic E-state index is 3.12. The van der Waals surface area contributed by atoms with Crippen molar-refractivity contribution in [1.29, 1.82) is 0 Å². The molecule has 0 aliphatic heterocycles. The van der Waals surface area contributed by atoms with Gasteiger partial charge in [0.05, 0.1) is 0 Å². The molecule has 0 amide bonds. The second kappa shape index (κ2) is 12.0. The average Bonchev–Trinajstić information content (AvgIpc) is 2.00. The predicted octanol–water partition coefficient (Wildman–Crippen LogP) is 4.48. The van der Waals surface area contributed by atoms with E-state index in [1.807, 2.05) is 6.92 Å². The van der Waals surface area contributed by atoms with E-state index in [-0.39, 0.29) is 33.7 Å². The first-order valence-corrected chi connectivity index (χ1v) is 3.62. The minimum Gasteiger partial charge on any atom is -0.693 e. The Morgan fingerprint density at radius 2 is 1.54 bits per heavy atom. The second-order valence-electron chi connectivity index (χ2n) is 2.47. The Hall–Kier alpha value is -0.0406. The van der Waals surface area contributed by atoms with E-state index in [1.54, 1.807) is 0 Å². The third kappa shape index (κ3) is 8.29. The molecule has 0 atom stereocenters. The summed E-state index contributed by atoms with van der Waals surface area (Å²) < 4.78 is 0. The van der Waals surface area contributed by atoms with Crippen molar-refractivity contribution in [2.75, 3.05) is 0 Å². The molecule has 0 rings (SSSR count). The van der Waals surface area contributed by atoms with Crippen LogP contribution in [0.1, 0.15) is 34.6 Å². The number of hydrogen-bond acceptors (Lipinski definition) is 0. The van der Waals surface area contributed by atoms with Gasteiger partial charge in [0, 0.05) is 20.1 Å². The molecule has 0 aromatic rings. The van der Waals surface area contributed by atoms with Crippen LogP contribution in [-0.4, -0.2) is 0 Å². The van der Waals surface area contributed by atoms with E-state index >= 15 is 0 Å². The van der Waals surface area contributed by atoms with Gasteiger partial charge in [-0.3, -0.25) is 6.08 Å². The summed E-state index contributed by atoms with van der Waals surface area (Å²) in [6.45, 7) is 10.3. The van der Waals surface area contributed by atoms with Crippen molar-refractivity contribution in [2.45, 2.75) is 34.6 Å². The van der Waals surface area contributed by atoms with E-state index in [4.69, 9.17) is 0 Å². The van der Waals surface area contributed by atoms with Crippen molar-refractivity contribution in [3.63, 3.8) is 0 Å². The summed E-state index contributed by atoms with van der Waals surface area (Å²) in [6.07, 6.45) is 5.24. The number of nitrogens with two attached hydrogens (primary N) is 1. The predicted molar refractivity (Wildman–Crippen MR) is 58.2 cm³/mol. The van der Waals surface area contributed by atoms with Gasteiger partial charge in [-0.2, -0.15) is 0 Å². The zero-order valence-electron chi connectivity index (χ0n) is 9.49. The fraction of sp³-hybridized carbons (Fsp3) is 0.455. The van der Waals surface area contributed by atoms with E-state index in [1.165, 1.54) is 16.7 Å². The fourth-order valence-corrected chi connectivity index (χ4v) is 0.700. The molecule has 0 unspecified atom stereocenters. The molecule has 0 spiro atoms. The van der Waals surface area contributed by atoms with Gasteiger partial charge in [0.2, 0.25) is 0 Å². The van der Waals surface area contributed by atoms with Gasteiger partial charge in [0.25, 0.3) is 0 Å². The van der Waals surface area contributed by atoms with Crippen LogP contribution >= 0.6 is 0 Å². The molecule has 0 aliphatic rings. The largest absolute Gasteiger partial charge is 0.693 e. The molecule has 83 valence electrons. The fourth-order valence-electron chi connectivity index (χ4n) is 0.700. The van der Waals surface area contributed by atoms with E-state index in [0.717, 1.165) is 0 Å². The Morgan fingerprint density at radius 1 is 1.15 bits per heavy atom. The first-order valence-electron chi connectivity index (χ1n) is 3.62. The molecular weight excluding hydrogens is 338 g/mol. The molecule has 0 bridgehead atoms. The second-order valence-corrected chi connectivity index (χ2v) is 2.47. The van der Waals surface area contributed by atoms with Crippen LogP contribution in [0.15, 0.2) is 16.7 Å². The first-order chi connectivity index (χ1) is 4.63. The van der Waals surface area contributed by atoms with Crippen LogP contribution in [0.3, 0.4) is 0 Å². The SMILES string of the molecule is C[C-]=C(C)C(C)=C(C)[CH-]C.[CH3-].[Ir].[NH2-]. The average molecular weight is 360 g/mol. The van der Waals surface area contributed by atoms with E-state index in [9.17, 15) is 0 Å². The Morgan fingerprint density at radius 3 is 1.77 bits per heavy atom. The minimum atomic E-state index is 0. The number of rotatable bonds is 2. The van der Waals surface area contributed by atoms with Crippen molar-refractivity contribution in [3.8, 4) is 0 Å². The maximum Gasteiger partial charge on any atom is 0 e. The Bertz CT molecular complexity index is 169. The van der Waals surface area contributed by atoms with Gasteiger partial charge < -0.3 is 13.6 Å². The topological polar surface area (TPSA) is 33.5 Å². The van der Waals surface area contributed by atoms with Gasteiger partial charge >= 0.3 is 0 Å². The van der Waals surface area contributed by atoms with Crippen LogP contribution < -0.4 is 0 Å². The Labute approximate surface area is 97.6 Å². The molecule has 1 radical (unpaired) electrons. The van der Waals surface area contributed by atoms with Crippen LogP contribution in [0.2, 0.25) is 0 Å². The number of allylic oxidation sites excluding steroid dienone is 4. The van der Waals surface area contributed by atoms with Gasteiger partial charge in [0.15, 0.2) is 0 Å². The maximum absolute atomic E-state index is 3.12. The molecule has 2 heteroatoms. The quantitative estimate of drug-likeness (QED) is 0.514. The monoisotopic (exact) mass is 360 g/mol. The Kier molecular flexibility index (Phi) is 21.2. The van der Waals surface area contributed by atoms with Crippen molar-refractivity contribution >= 4 is 0 Å². The van der Waals surface area contributed by atoms with Crippen LogP contribution in [-0.2, 0) is 20.1 Å². The molecule has 2 N–H and O–H groups in total. The minimum absolute atomic E-state index is 0. The molecule has 0 saturated heterocycles. The van der Waals surface area contributed by atoms with Gasteiger partial charge in [-0.15, -0.1) is 20.8 Å². The Balaban J connectivity index is -0.000000135. The molecule has 13 heavy (non-hydrogen) atoms. The molecule has 0 saturated carbocycles. The van der Waals surface area contributed by atoms with Gasteiger partial charge in [-0.25, -0.2) is 23.1 Å². The summed E-state index contributed by atoms with van der Waals surface area (Å²) in [4.78, 5) is 0. The summed E-state index contributed by atoms with van der Waals surface area (Å²) in [6, 6.07) is 0. The van der Waals surface area contributed by atoms with Crippen molar-refractivity contribution in [3.05, 3.63) is 42.8 Å². The van der Waals surface area contributed by atoms with Crippen LogP contribution in [0.25, 0.3) is 6.15 Å². The standard InChI is InChI=1S/C10H16.CH3.Ir.H2N/c1-6-8(3)10(5)9(4)7-2;;;/h6H,1-5H3;1H3;;1H2/q-2;-1;;-1. The molecule has 0 aromatic heterocycles. The third-order valence-electron chi connectivity index (χ3n) is 1.96. The van der Waals surface area contributed by atoms with Gasteiger partial charge in [-0.1, -0.05) is 13.8 Å². The molecule has 1 nitrogen and oxygen atoms in total. The van der Waals surface area contributed by atoms with E-state index in [2.05, 4.69) is 40.2 Å². The number of hydrogen-bond donors (Lipinski definition) is 0. The molecule has 0 aromatic carbocycles. The smallest absolute Gasteiger partial charge is 0 e. The zero-order valence-corrected chi connectivity index (χ0v) is 11.9. The van der Waals surface area contributed by atoms with E-state index in [0.29, 0.717) is 0 Å². The van der Waals surface area contributed by atoms with Crippen molar-refractivity contribution in [1.82, 2.24) is 0 Å². The van der Waals surface area contributed by atoms with Gasteiger partial charge in [-0.05, 0) is 0 Å². The summed E-state index contributed by atoms with van der Waals surface area (Å²) in [5.41, 5.74) is 3.92. The van der Waals surface area contributed by atoms with Crippen LogP contribution in [0.4, 0.5) is 0 Å². The molecule has 0 aliphatic carbocycles. The summed E-state index contributed by atoms with van der Waals surface area (Å²) >= 11 is 0. The van der Waals surface area contributed by atoms with Crippen molar-refractivity contribution < 1.29 is 20.1 Å². The first kappa shape index (κ1) is 23.1. The normalized spacial score (nSPS) is 11.3. The van der Waals surface area contributed by atoms with Gasteiger partial charge in [0.1, 0.15) is 0 Å². The molecular formula is C11H21IrN-4. The van der Waals surface area contributed by atoms with Crippen LogP contribution in [0.5, 0.6) is 0 Å². The van der Waals surface area contributed by atoms with Crippen LogP contribution in [0, 0.1) is 19.9 Å². The van der Waals surface area contributed by atoms with E-state index < -0.39 is 0 Å². The molecule has 0 fully saturated rings. The summed E-state index contributed by atoms with van der Waals surface area (Å²) in [5.74, 6) is 0. The summed E-state index contributed by atoms with van der Waals surface area (Å²) in [7, 11) is 0. The third-order valence-corrected chi connectivity index (χ3v) is 1.96.